The number of hydrogen-bond donors (Lipinski definition) is 1. The summed E-state index contributed by atoms with van der Waals surface area (Å²) in [4.78, 5) is 8.12. The number of aromatic nitrogens is 4. The number of benzene rings is 3. The van der Waals surface area contributed by atoms with E-state index < -0.39 is 10.0 Å². The summed E-state index contributed by atoms with van der Waals surface area (Å²) in [6, 6.07) is 22.7. The van der Waals surface area contributed by atoms with E-state index in [0.717, 1.165) is 22.2 Å². The second kappa shape index (κ2) is 9.00. The molecule has 9 heteroatoms. The molecule has 1 fully saturated rings. The van der Waals surface area contributed by atoms with Gasteiger partial charge in [0.25, 0.3) is 0 Å². The van der Waals surface area contributed by atoms with Crippen LogP contribution in [0.3, 0.4) is 0 Å². The second-order valence-electron chi connectivity index (χ2n) is 9.12. The minimum absolute atomic E-state index is 0.0334. The number of aromatic amines is 1. The van der Waals surface area contributed by atoms with E-state index in [4.69, 9.17) is 4.42 Å². The standard InChI is InChI=1S/C27H25N5O3S/c1-18-6-5-9-21(16-18)27-31-30-26(35-27)20-12-14-32(15-13-20)36(33,34)22-10-11-23-24(17-22)29-25(28-23)19-7-3-2-4-8-19/h2-11,16-17,20H,12-15H2,1H3,(H,28,29). The molecule has 0 spiro atoms. The number of nitrogens with zero attached hydrogens (tertiary/aromatic N) is 4. The maximum atomic E-state index is 13.4. The minimum Gasteiger partial charge on any atom is -0.420 e. The Hall–Kier alpha value is -3.82. The lowest BCUT2D eigenvalue weighted by Crippen LogP contribution is -2.37. The van der Waals surface area contributed by atoms with Gasteiger partial charge in [0.1, 0.15) is 5.82 Å². The molecule has 1 aliphatic rings. The van der Waals surface area contributed by atoms with Crippen molar-refractivity contribution in [1.29, 1.82) is 0 Å². The van der Waals surface area contributed by atoms with E-state index in [9.17, 15) is 8.42 Å². The zero-order valence-corrected chi connectivity index (χ0v) is 20.6. The molecule has 0 amide bonds. The van der Waals surface area contributed by atoms with Crippen LogP contribution in [-0.4, -0.2) is 46.0 Å². The average Bonchev–Trinajstić information content (AvgIpc) is 3.57. The van der Waals surface area contributed by atoms with Gasteiger partial charge in [-0.15, -0.1) is 10.2 Å². The van der Waals surface area contributed by atoms with Gasteiger partial charge in [0.2, 0.25) is 21.8 Å². The fourth-order valence-electron chi connectivity index (χ4n) is 4.67. The molecule has 5 aromatic rings. The van der Waals surface area contributed by atoms with Crippen molar-refractivity contribution in [2.45, 2.75) is 30.6 Å². The smallest absolute Gasteiger partial charge is 0.247 e. The number of piperidine rings is 1. The van der Waals surface area contributed by atoms with Gasteiger partial charge in [-0.3, -0.25) is 0 Å². The Morgan fingerprint density at radius 1 is 0.917 bits per heavy atom. The van der Waals surface area contributed by atoms with Gasteiger partial charge in [0.05, 0.1) is 15.9 Å². The summed E-state index contributed by atoms with van der Waals surface area (Å²) in [6.07, 6.45) is 1.25. The van der Waals surface area contributed by atoms with E-state index in [2.05, 4.69) is 20.2 Å². The van der Waals surface area contributed by atoms with Crippen LogP contribution in [0.1, 0.15) is 30.2 Å². The zero-order valence-electron chi connectivity index (χ0n) is 19.8. The molecule has 3 heterocycles. The van der Waals surface area contributed by atoms with E-state index >= 15 is 0 Å². The number of aryl methyl sites for hydroxylation is 1. The van der Waals surface area contributed by atoms with Crippen molar-refractivity contribution in [1.82, 2.24) is 24.5 Å². The third kappa shape index (κ3) is 4.20. The van der Waals surface area contributed by atoms with Gasteiger partial charge in [-0.25, -0.2) is 13.4 Å². The van der Waals surface area contributed by atoms with Crippen LogP contribution >= 0.6 is 0 Å². The summed E-state index contributed by atoms with van der Waals surface area (Å²) >= 11 is 0. The Bertz CT molecular complexity index is 1630. The van der Waals surface area contributed by atoms with Gasteiger partial charge in [0, 0.05) is 30.1 Å². The van der Waals surface area contributed by atoms with Crippen LogP contribution in [0.2, 0.25) is 0 Å². The molecular formula is C27H25N5O3S. The SMILES string of the molecule is Cc1cccc(-c2nnc(C3CCN(S(=O)(=O)c4ccc5nc(-c6ccccc6)[nH]c5c4)CC3)o2)c1. The Labute approximate surface area is 209 Å². The molecule has 182 valence electrons. The molecule has 6 rings (SSSR count). The molecule has 2 aromatic heterocycles. The predicted molar refractivity (Wildman–Crippen MR) is 137 cm³/mol. The summed E-state index contributed by atoms with van der Waals surface area (Å²) in [6.45, 7) is 2.81. The Morgan fingerprint density at radius 2 is 1.69 bits per heavy atom. The summed E-state index contributed by atoms with van der Waals surface area (Å²) in [5.74, 6) is 1.80. The number of H-pyrrole nitrogens is 1. The van der Waals surface area contributed by atoms with Crippen LogP contribution < -0.4 is 0 Å². The van der Waals surface area contributed by atoms with E-state index in [1.807, 2.05) is 61.5 Å². The second-order valence-corrected chi connectivity index (χ2v) is 11.1. The first kappa shape index (κ1) is 22.6. The van der Waals surface area contributed by atoms with Gasteiger partial charge < -0.3 is 9.40 Å². The molecule has 0 atom stereocenters. The first-order chi connectivity index (χ1) is 17.5. The van der Waals surface area contributed by atoms with Crippen LogP contribution in [-0.2, 0) is 10.0 Å². The topological polar surface area (TPSA) is 105 Å². The van der Waals surface area contributed by atoms with E-state index in [0.29, 0.717) is 49.1 Å². The monoisotopic (exact) mass is 499 g/mol. The number of sulfonamides is 1. The van der Waals surface area contributed by atoms with Crippen molar-refractivity contribution in [2.24, 2.45) is 0 Å². The molecular weight excluding hydrogens is 474 g/mol. The first-order valence-electron chi connectivity index (χ1n) is 11.9. The lowest BCUT2D eigenvalue weighted by molar-refractivity contribution is 0.291. The van der Waals surface area contributed by atoms with Gasteiger partial charge in [0.15, 0.2) is 0 Å². The normalized spacial score (nSPS) is 15.5. The fraction of sp³-hybridized carbons (Fsp3) is 0.222. The predicted octanol–water partition coefficient (Wildman–Crippen LogP) is 5.16. The fourth-order valence-corrected chi connectivity index (χ4v) is 6.16. The lowest BCUT2D eigenvalue weighted by atomic mass is 9.98. The number of nitrogens with one attached hydrogen (secondary N) is 1. The quantitative estimate of drug-likeness (QED) is 0.358. The van der Waals surface area contributed by atoms with Crippen molar-refractivity contribution in [3.63, 3.8) is 0 Å². The first-order valence-corrected chi connectivity index (χ1v) is 13.4. The molecule has 0 radical (unpaired) electrons. The van der Waals surface area contributed by atoms with Crippen LogP contribution in [0.4, 0.5) is 0 Å². The minimum atomic E-state index is -3.64. The summed E-state index contributed by atoms with van der Waals surface area (Å²) in [7, 11) is -3.64. The summed E-state index contributed by atoms with van der Waals surface area (Å²) < 4.78 is 34.3. The van der Waals surface area contributed by atoms with Crippen molar-refractivity contribution < 1.29 is 12.8 Å². The number of imidazole rings is 1. The van der Waals surface area contributed by atoms with Gasteiger partial charge in [-0.05, 0) is 50.1 Å². The molecule has 0 aliphatic carbocycles. The summed E-state index contributed by atoms with van der Waals surface area (Å²) in [5, 5.41) is 8.47. The molecule has 8 nitrogen and oxygen atoms in total. The highest BCUT2D eigenvalue weighted by atomic mass is 32.2. The Morgan fingerprint density at radius 3 is 2.47 bits per heavy atom. The molecule has 0 bridgehead atoms. The maximum Gasteiger partial charge on any atom is 0.247 e. The van der Waals surface area contributed by atoms with Crippen LogP contribution in [0, 0.1) is 6.92 Å². The zero-order chi connectivity index (χ0) is 24.7. The highest BCUT2D eigenvalue weighted by Crippen LogP contribution is 2.32. The third-order valence-electron chi connectivity index (χ3n) is 6.65. The summed E-state index contributed by atoms with van der Waals surface area (Å²) in [5.41, 5.74) is 4.38. The number of fused-ring (bicyclic) bond motifs is 1. The highest BCUT2D eigenvalue weighted by molar-refractivity contribution is 7.89. The number of rotatable bonds is 5. The largest absolute Gasteiger partial charge is 0.420 e. The van der Waals surface area contributed by atoms with Crippen LogP contribution in [0.15, 0.2) is 82.1 Å². The maximum absolute atomic E-state index is 13.4. The van der Waals surface area contributed by atoms with Gasteiger partial charge in [-0.2, -0.15) is 4.31 Å². The van der Waals surface area contributed by atoms with E-state index in [1.54, 1.807) is 18.2 Å². The van der Waals surface area contributed by atoms with E-state index in [1.165, 1.54) is 4.31 Å². The van der Waals surface area contributed by atoms with Crippen LogP contribution in [0.5, 0.6) is 0 Å². The van der Waals surface area contributed by atoms with E-state index in [-0.39, 0.29) is 10.8 Å². The molecule has 0 saturated carbocycles. The third-order valence-corrected chi connectivity index (χ3v) is 8.54. The van der Waals surface area contributed by atoms with Crippen molar-refractivity contribution >= 4 is 21.1 Å². The molecule has 1 saturated heterocycles. The number of hydrogen-bond acceptors (Lipinski definition) is 6. The van der Waals surface area contributed by atoms with Gasteiger partial charge >= 0.3 is 0 Å². The highest BCUT2D eigenvalue weighted by Gasteiger charge is 2.32. The van der Waals surface area contributed by atoms with Crippen molar-refractivity contribution in [3.8, 4) is 22.8 Å². The van der Waals surface area contributed by atoms with Crippen molar-refractivity contribution in [3.05, 3.63) is 84.3 Å². The Kier molecular flexibility index (Phi) is 5.66. The van der Waals surface area contributed by atoms with Crippen LogP contribution in [0.25, 0.3) is 33.9 Å². The van der Waals surface area contributed by atoms with Crippen molar-refractivity contribution in [2.75, 3.05) is 13.1 Å². The molecule has 3 aromatic carbocycles. The Balaban J connectivity index is 1.17. The molecule has 36 heavy (non-hydrogen) atoms. The van der Waals surface area contributed by atoms with Gasteiger partial charge in [-0.1, -0.05) is 48.0 Å². The average molecular weight is 500 g/mol. The molecule has 1 N–H and O–H groups in total. The molecule has 0 unspecified atom stereocenters. The molecule has 1 aliphatic heterocycles. The lowest BCUT2D eigenvalue weighted by Gasteiger charge is -2.29.